The fraction of sp³-hybridized carbons (Fsp3) is 0.444. The van der Waals surface area contributed by atoms with Crippen LogP contribution in [0.1, 0.15) is 49.4 Å². The summed E-state index contributed by atoms with van der Waals surface area (Å²) in [6.45, 7) is 1.06. The summed E-state index contributed by atoms with van der Waals surface area (Å²) in [5.74, 6) is 2.71. The molecule has 20 heavy (non-hydrogen) atoms. The van der Waals surface area contributed by atoms with Crippen LogP contribution in [0.4, 0.5) is 0 Å². The van der Waals surface area contributed by atoms with Crippen LogP contribution in [0, 0.1) is 12.3 Å². The molecular formula is C18H22N2. The minimum atomic E-state index is 0.483. The summed E-state index contributed by atoms with van der Waals surface area (Å²) in [5, 5.41) is 5.10. The second kappa shape index (κ2) is 6.15. The molecule has 0 saturated carbocycles. The molecule has 2 nitrogen and oxygen atoms in total. The van der Waals surface area contributed by atoms with Gasteiger partial charge in [0.05, 0.1) is 0 Å². The summed E-state index contributed by atoms with van der Waals surface area (Å²) < 4.78 is 0. The number of para-hydroxylation sites is 1. The Kier molecular flexibility index (Phi) is 4.08. The number of hydrogen-bond acceptors (Lipinski definition) is 1. The van der Waals surface area contributed by atoms with E-state index >= 15 is 0 Å². The maximum atomic E-state index is 5.28. The molecule has 1 unspecified atom stereocenters. The van der Waals surface area contributed by atoms with Crippen molar-refractivity contribution in [3.63, 3.8) is 0 Å². The summed E-state index contributed by atoms with van der Waals surface area (Å²) >= 11 is 0. The van der Waals surface area contributed by atoms with E-state index in [1.54, 1.807) is 0 Å². The number of unbranched alkanes of at least 4 members (excludes halogenated alkanes) is 2. The first-order valence-electron chi connectivity index (χ1n) is 7.66. The largest absolute Gasteiger partial charge is 0.357 e. The number of benzene rings is 1. The van der Waals surface area contributed by atoms with Gasteiger partial charge in [-0.1, -0.05) is 18.2 Å². The van der Waals surface area contributed by atoms with E-state index in [0.29, 0.717) is 6.04 Å². The van der Waals surface area contributed by atoms with Crippen LogP contribution in [0.2, 0.25) is 0 Å². The lowest BCUT2D eigenvalue weighted by Gasteiger charge is -2.24. The Bertz CT molecular complexity index is 618. The van der Waals surface area contributed by atoms with Crippen molar-refractivity contribution in [2.24, 2.45) is 0 Å². The normalized spacial score (nSPS) is 17.9. The number of aromatic nitrogens is 1. The summed E-state index contributed by atoms with van der Waals surface area (Å²) in [6, 6.07) is 9.13. The minimum Gasteiger partial charge on any atom is -0.357 e. The predicted octanol–water partition coefficient (Wildman–Crippen LogP) is 3.94. The van der Waals surface area contributed by atoms with Gasteiger partial charge < -0.3 is 10.3 Å². The molecular weight excluding hydrogens is 244 g/mol. The molecule has 0 radical (unpaired) electrons. The molecule has 1 aromatic carbocycles. The number of fused-ring (bicyclic) bond motifs is 3. The molecule has 0 spiro atoms. The lowest BCUT2D eigenvalue weighted by molar-refractivity contribution is 0.447. The van der Waals surface area contributed by atoms with Gasteiger partial charge in [0.15, 0.2) is 0 Å². The van der Waals surface area contributed by atoms with Crippen molar-refractivity contribution in [2.45, 2.75) is 44.6 Å². The summed E-state index contributed by atoms with van der Waals surface area (Å²) in [6.07, 6.45) is 12.2. The molecule has 2 aromatic rings. The lowest BCUT2D eigenvalue weighted by Crippen LogP contribution is -2.26. The van der Waals surface area contributed by atoms with E-state index in [-0.39, 0.29) is 0 Å². The van der Waals surface area contributed by atoms with E-state index < -0.39 is 0 Å². The van der Waals surface area contributed by atoms with Crippen LogP contribution in [0.5, 0.6) is 0 Å². The zero-order valence-electron chi connectivity index (χ0n) is 11.9. The van der Waals surface area contributed by atoms with Crippen molar-refractivity contribution in [1.82, 2.24) is 10.3 Å². The van der Waals surface area contributed by atoms with Gasteiger partial charge in [0.2, 0.25) is 0 Å². The number of aryl methyl sites for hydroxylation is 1. The molecule has 2 heteroatoms. The molecule has 1 heterocycles. The number of hydrogen-bond donors (Lipinski definition) is 2. The Morgan fingerprint density at radius 1 is 1.30 bits per heavy atom. The zero-order valence-corrected chi connectivity index (χ0v) is 11.9. The Balaban J connectivity index is 1.72. The molecule has 1 aliphatic carbocycles. The quantitative estimate of drug-likeness (QED) is 0.622. The van der Waals surface area contributed by atoms with Crippen LogP contribution in [0.3, 0.4) is 0 Å². The highest BCUT2D eigenvalue weighted by Gasteiger charge is 2.23. The van der Waals surface area contributed by atoms with Crippen molar-refractivity contribution in [3.05, 3.63) is 35.5 Å². The van der Waals surface area contributed by atoms with Gasteiger partial charge in [0.1, 0.15) is 0 Å². The van der Waals surface area contributed by atoms with E-state index in [1.165, 1.54) is 41.4 Å². The third-order valence-electron chi connectivity index (χ3n) is 4.25. The maximum Gasteiger partial charge on any atom is 0.0476 e. The van der Waals surface area contributed by atoms with Crippen molar-refractivity contribution in [1.29, 1.82) is 0 Å². The van der Waals surface area contributed by atoms with Crippen molar-refractivity contribution >= 4 is 10.9 Å². The molecule has 0 saturated heterocycles. The summed E-state index contributed by atoms with van der Waals surface area (Å²) in [5.41, 5.74) is 4.21. The Labute approximate surface area is 121 Å². The van der Waals surface area contributed by atoms with Crippen molar-refractivity contribution < 1.29 is 0 Å². The first-order valence-corrected chi connectivity index (χ1v) is 7.66. The van der Waals surface area contributed by atoms with E-state index in [0.717, 1.165) is 25.8 Å². The second-order valence-corrected chi connectivity index (χ2v) is 5.62. The molecule has 0 amide bonds. The van der Waals surface area contributed by atoms with Crippen LogP contribution in [-0.4, -0.2) is 11.5 Å². The Hall–Kier alpha value is -1.72. The fourth-order valence-corrected chi connectivity index (χ4v) is 3.25. The molecule has 1 atom stereocenters. The summed E-state index contributed by atoms with van der Waals surface area (Å²) in [7, 11) is 0. The summed E-state index contributed by atoms with van der Waals surface area (Å²) in [4.78, 5) is 3.62. The van der Waals surface area contributed by atoms with Gasteiger partial charge in [0, 0.05) is 29.1 Å². The zero-order chi connectivity index (χ0) is 13.8. The van der Waals surface area contributed by atoms with E-state index in [2.05, 4.69) is 40.5 Å². The van der Waals surface area contributed by atoms with Crippen LogP contribution >= 0.6 is 0 Å². The van der Waals surface area contributed by atoms with Crippen LogP contribution in [0.25, 0.3) is 10.9 Å². The number of nitrogens with one attached hydrogen (secondary N) is 2. The average Bonchev–Trinajstić information content (AvgIpc) is 2.87. The minimum absolute atomic E-state index is 0.483. The van der Waals surface area contributed by atoms with Gasteiger partial charge in [-0.3, -0.25) is 0 Å². The highest BCUT2D eigenvalue weighted by Crippen LogP contribution is 2.34. The van der Waals surface area contributed by atoms with Gasteiger partial charge in [-0.15, -0.1) is 12.3 Å². The van der Waals surface area contributed by atoms with Crippen molar-refractivity contribution in [3.8, 4) is 12.3 Å². The highest BCUT2D eigenvalue weighted by molar-refractivity contribution is 5.85. The molecule has 1 aliphatic rings. The second-order valence-electron chi connectivity index (χ2n) is 5.62. The topological polar surface area (TPSA) is 27.8 Å². The number of H-pyrrole nitrogens is 1. The molecule has 2 N–H and O–H groups in total. The van der Waals surface area contributed by atoms with E-state index in [1.807, 2.05) is 0 Å². The number of rotatable bonds is 5. The smallest absolute Gasteiger partial charge is 0.0476 e. The predicted molar refractivity (Wildman–Crippen MR) is 84.7 cm³/mol. The first-order chi connectivity index (χ1) is 9.90. The maximum absolute atomic E-state index is 5.28. The average molecular weight is 266 g/mol. The van der Waals surface area contributed by atoms with Crippen LogP contribution in [0.15, 0.2) is 24.3 Å². The fourth-order valence-electron chi connectivity index (χ4n) is 3.25. The third-order valence-corrected chi connectivity index (χ3v) is 4.25. The van der Waals surface area contributed by atoms with Gasteiger partial charge in [-0.2, -0.15) is 0 Å². The third kappa shape index (κ3) is 2.59. The highest BCUT2D eigenvalue weighted by atomic mass is 14.9. The first kappa shape index (κ1) is 13.3. The number of aromatic amines is 1. The van der Waals surface area contributed by atoms with Crippen molar-refractivity contribution in [2.75, 3.05) is 6.54 Å². The Morgan fingerprint density at radius 3 is 3.10 bits per heavy atom. The standard InChI is InChI=1S/C18H22N2/c1-2-3-4-7-13-19-17-12-8-10-15-14-9-5-6-11-16(14)20-18(15)17/h1,5-6,9,11,17,19-20H,3-4,7-8,10,12-13H2. The molecule has 104 valence electrons. The molecule has 3 rings (SSSR count). The number of terminal acetylenes is 1. The van der Waals surface area contributed by atoms with Gasteiger partial charge in [-0.25, -0.2) is 0 Å². The molecule has 0 aliphatic heterocycles. The Morgan fingerprint density at radius 2 is 2.20 bits per heavy atom. The van der Waals surface area contributed by atoms with Gasteiger partial charge >= 0.3 is 0 Å². The SMILES string of the molecule is C#CCCCCNC1CCCc2c1[nH]c1ccccc21. The molecule has 1 aromatic heterocycles. The molecule has 0 bridgehead atoms. The van der Waals surface area contributed by atoms with Gasteiger partial charge in [-0.05, 0) is 50.3 Å². The van der Waals surface area contributed by atoms with Crippen LogP contribution < -0.4 is 5.32 Å². The molecule has 0 fully saturated rings. The van der Waals surface area contributed by atoms with Crippen LogP contribution in [-0.2, 0) is 6.42 Å². The van der Waals surface area contributed by atoms with Gasteiger partial charge in [0.25, 0.3) is 0 Å². The van der Waals surface area contributed by atoms with E-state index in [9.17, 15) is 0 Å². The lowest BCUT2D eigenvalue weighted by atomic mass is 9.91. The van der Waals surface area contributed by atoms with E-state index in [4.69, 9.17) is 6.42 Å². The monoisotopic (exact) mass is 266 g/mol.